The van der Waals surface area contributed by atoms with Gasteiger partial charge in [0.15, 0.2) is 12.4 Å². The fourth-order valence-electron chi connectivity index (χ4n) is 2.41. The second-order valence-electron chi connectivity index (χ2n) is 6.12. The number of anilines is 2. The summed E-state index contributed by atoms with van der Waals surface area (Å²) in [6.45, 7) is 1.52. The first-order valence-electron chi connectivity index (χ1n) is 8.60. The van der Waals surface area contributed by atoms with Gasteiger partial charge in [-0.15, -0.1) is 0 Å². The van der Waals surface area contributed by atoms with Gasteiger partial charge < -0.3 is 19.8 Å². The maximum absolute atomic E-state index is 12.1. The molecule has 0 fully saturated rings. The predicted molar refractivity (Wildman–Crippen MR) is 111 cm³/mol. The Hall–Kier alpha value is -3.39. The van der Waals surface area contributed by atoms with Crippen molar-refractivity contribution in [2.75, 3.05) is 17.2 Å². The standard InChI is InChI=1S/C21H17BrN2O5/c1-13-4-9-17(16(22)11-13)24-19(25)12-29-21(27)14-5-7-15(8-6-14)23-20(26)18-3-2-10-28-18/h2-11H,12H2,1H3,(H,23,26)(H,24,25). The first-order valence-corrected chi connectivity index (χ1v) is 9.40. The third kappa shape index (κ3) is 5.55. The van der Waals surface area contributed by atoms with Gasteiger partial charge in [-0.2, -0.15) is 0 Å². The van der Waals surface area contributed by atoms with Gasteiger partial charge in [-0.25, -0.2) is 4.79 Å². The summed E-state index contributed by atoms with van der Waals surface area (Å²) in [5.41, 5.74) is 2.38. The van der Waals surface area contributed by atoms with Crippen LogP contribution in [0.15, 0.2) is 69.8 Å². The van der Waals surface area contributed by atoms with E-state index in [0.717, 1.165) is 10.0 Å². The number of halogens is 1. The van der Waals surface area contributed by atoms with Gasteiger partial charge in [-0.1, -0.05) is 6.07 Å². The van der Waals surface area contributed by atoms with Gasteiger partial charge in [0.25, 0.3) is 11.8 Å². The number of amides is 2. The van der Waals surface area contributed by atoms with Crippen molar-refractivity contribution in [3.8, 4) is 0 Å². The van der Waals surface area contributed by atoms with Crippen molar-refractivity contribution in [1.29, 1.82) is 0 Å². The van der Waals surface area contributed by atoms with Crippen molar-refractivity contribution in [1.82, 2.24) is 0 Å². The summed E-state index contributed by atoms with van der Waals surface area (Å²) in [6, 6.07) is 14.7. The summed E-state index contributed by atoms with van der Waals surface area (Å²) in [5, 5.41) is 5.31. The molecule has 0 spiro atoms. The first kappa shape index (κ1) is 20.3. The molecule has 2 amide bonds. The van der Waals surface area contributed by atoms with Crippen LogP contribution in [0.5, 0.6) is 0 Å². The van der Waals surface area contributed by atoms with Crippen molar-refractivity contribution >= 4 is 45.1 Å². The molecule has 0 saturated heterocycles. The van der Waals surface area contributed by atoms with Gasteiger partial charge in [0.2, 0.25) is 0 Å². The second kappa shape index (κ2) is 9.20. The lowest BCUT2D eigenvalue weighted by molar-refractivity contribution is -0.119. The van der Waals surface area contributed by atoms with Gasteiger partial charge >= 0.3 is 5.97 Å². The maximum Gasteiger partial charge on any atom is 0.338 e. The lowest BCUT2D eigenvalue weighted by atomic mass is 10.2. The van der Waals surface area contributed by atoms with Crippen LogP contribution in [-0.2, 0) is 9.53 Å². The topological polar surface area (TPSA) is 97.6 Å². The average molecular weight is 457 g/mol. The number of ether oxygens (including phenoxy) is 1. The third-order valence-electron chi connectivity index (χ3n) is 3.86. The van der Waals surface area contributed by atoms with Crippen LogP contribution in [-0.4, -0.2) is 24.4 Å². The number of aryl methyl sites for hydroxylation is 1. The quantitative estimate of drug-likeness (QED) is 0.535. The minimum absolute atomic E-state index is 0.180. The number of carbonyl (C=O) groups is 3. The molecule has 3 aromatic rings. The molecule has 0 radical (unpaired) electrons. The van der Waals surface area contributed by atoms with Crippen LogP contribution >= 0.6 is 15.9 Å². The number of benzene rings is 2. The van der Waals surface area contributed by atoms with E-state index in [9.17, 15) is 14.4 Å². The Bertz CT molecular complexity index is 1030. The van der Waals surface area contributed by atoms with Crippen LogP contribution in [0.1, 0.15) is 26.5 Å². The summed E-state index contributed by atoms with van der Waals surface area (Å²) in [4.78, 5) is 36.0. The zero-order valence-corrected chi connectivity index (χ0v) is 17.0. The zero-order valence-electron chi connectivity index (χ0n) is 15.4. The van der Waals surface area contributed by atoms with Gasteiger partial charge in [0, 0.05) is 10.2 Å². The molecule has 7 nitrogen and oxygen atoms in total. The SMILES string of the molecule is Cc1ccc(NC(=O)COC(=O)c2ccc(NC(=O)c3ccco3)cc2)c(Br)c1. The van der Waals surface area contributed by atoms with E-state index in [0.29, 0.717) is 11.4 Å². The molecule has 8 heteroatoms. The molecule has 3 rings (SSSR count). The molecule has 1 heterocycles. The molecule has 0 aliphatic carbocycles. The van der Waals surface area contributed by atoms with E-state index in [1.54, 1.807) is 30.3 Å². The number of rotatable bonds is 6. The van der Waals surface area contributed by atoms with Crippen molar-refractivity contribution in [3.63, 3.8) is 0 Å². The molecule has 148 valence electrons. The van der Waals surface area contributed by atoms with E-state index in [1.807, 2.05) is 19.1 Å². The third-order valence-corrected chi connectivity index (χ3v) is 4.51. The Labute approximate surface area is 175 Å². The van der Waals surface area contributed by atoms with Crippen LogP contribution in [0.25, 0.3) is 0 Å². The summed E-state index contributed by atoms with van der Waals surface area (Å²) in [6.07, 6.45) is 1.40. The molecule has 0 aliphatic rings. The van der Waals surface area contributed by atoms with Crippen molar-refractivity contribution in [3.05, 3.63) is 82.2 Å². The van der Waals surface area contributed by atoms with Gasteiger partial charge in [-0.3, -0.25) is 9.59 Å². The van der Waals surface area contributed by atoms with Crippen molar-refractivity contribution in [2.24, 2.45) is 0 Å². The summed E-state index contributed by atoms with van der Waals surface area (Å²) >= 11 is 3.37. The summed E-state index contributed by atoms with van der Waals surface area (Å²) in [7, 11) is 0. The number of hydrogen-bond donors (Lipinski definition) is 2. The molecule has 0 atom stereocenters. The minimum atomic E-state index is -0.646. The van der Waals surface area contributed by atoms with Crippen LogP contribution in [0.3, 0.4) is 0 Å². The molecular formula is C21H17BrN2O5. The normalized spacial score (nSPS) is 10.3. The van der Waals surface area contributed by atoms with Gasteiger partial charge in [-0.05, 0) is 76.9 Å². The Kier molecular flexibility index (Phi) is 6.46. The fourth-order valence-corrected chi connectivity index (χ4v) is 3.00. The summed E-state index contributed by atoms with van der Waals surface area (Å²) < 4.78 is 10.8. The zero-order chi connectivity index (χ0) is 20.8. The molecule has 0 saturated carbocycles. The van der Waals surface area contributed by atoms with Crippen molar-refractivity contribution < 1.29 is 23.5 Å². The van der Waals surface area contributed by atoms with Gasteiger partial charge in [0.05, 0.1) is 17.5 Å². The van der Waals surface area contributed by atoms with E-state index >= 15 is 0 Å². The monoisotopic (exact) mass is 456 g/mol. The lowest BCUT2D eigenvalue weighted by Gasteiger charge is -2.09. The van der Waals surface area contributed by atoms with Crippen molar-refractivity contribution in [2.45, 2.75) is 6.92 Å². The number of hydrogen-bond acceptors (Lipinski definition) is 5. The highest BCUT2D eigenvalue weighted by atomic mass is 79.9. The Morgan fingerprint density at radius 2 is 1.79 bits per heavy atom. The van der Waals surface area contributed by atoms with Crippen LogP contribution < -0.4 is 10.6 Å². The largest absolute Gasteiger partial charge is 0.459 e. The van der Waals surface area contributed by atoms with Crippen LogP contribution in [0.2, 0.25) is 0 Å². The summed E-state index contributed by atoms with van der Waals surface area (Å²) in [5.74, 6) is -1.32. The second-order valence-corrected chi connectivity index (χ2v) is 6.97. The minimum Gasteiger partial charge on any atom is -0.459 e. The molecular weight excluding hydrogens is 440 g/mol. The Morgan fingerprint density at radius 3 is 2.45 bits per heavy atom. The average Bonchev–Trinajstić information content (AvgIpc) is 3.24. The lowest BCUT2D eigenvalue weighted by Crippen LogP contribution is -2.21. The number of nitrogens with one attached hydrogen (secondary N) is 2. The van der Waals surface area contributed by atoms with Crippen LogP contribution in [0, 0.1) is 6.92 Å². The fraction of sp³-hybridized carbons (Fsp3) is 0.0952. The molecule has 0 unspecified atom stereocenters. The van der Waals surface area contributed by atoms with E-state index in [2.05, 4.69) is 26.6 Å². The molecule has 2 aromatic carbocycles. The van der Waals surface area contributed by atoms with E-state index in [1.165, 1.54) is 18.4 Å². The first-order chi connectivity index (χ1) is 13.9. The molecule has 1 aromatic heterocycles. The predicted octanol–water partition coefficient (Wildman–Crippen LogP) is 4.40. The van der Waals surface area contributed by atoms with Crippen LogP contribution in [0.4, 0.5) is 11.4 Å². The Balaban J connectivity index is 1.51. The molecule has 0 aliphatic heterocycles. The molecule has 2 N–H and O–H groups in total. The van der Waals surface area contributed by atoms with Gasteiger partial charge in [0.1, 0.15) is 0 Å². The highest BCUT2D eigenvalue weighted by Crippen LogP contribution is 2.23. The maximum atomic E-state index is 12.1. The smallest absolute Gasteiger partial charge is 0.338 e. The number of esters is 1. The van der Waals surface area contributed by atoms with E-state index in [-0.39, 0.29) is 11.3 Å². The number of carbonyl (C=O) groups excluding carboxylic acids is 3. The van der Waals surface area contributed by atoms with E-state index < -0.39 is 24.4 Å². The van der Waals surface area contributed by atoms with E-state index in [4.69, 9.17) is 9.15 Å². The highest BCUT2D eigenvalue weighted by Gasteiger charge is 2.13. The highest BCUT2D eigenvalue weighted by molar-refractivity contribution is 9.10. The molecule has 0 bridgehead atoms. The molecule has 29 heavy (non-hydrogen) atoms. The Morgan fingerprint density at radius 1 is 1.03 bits per heavy atom. The number of furan rings is 1.